The van der Waals surface area contributed by atoms with Crippen LogP contribution in [0, 0.1) is 11.3 Å². The third-order valence-corrected chi connectivity index (χ3v) is 1.63. The standard InChI is InChI=1S/C9H7F2NO/c10-9(11)7-2-1-6(3-4-12)8(13)5-7/h1-2,5,9,13H,3H2. The van der Waals surface area contributed by atoms with E-state index in [4.69, 9.17) is 5.26 Å². The van der Waals surface area contributed by atoms with E-state index < -0.39 is 6.43 Å². The number of hydrogen-bond donors (Lipinski definition) is 1. The Kier molecular flexibility index (Phi) is 2.80. The van der Waals surface area contributed by atoms with Crippen LogP contribution >= 0.6 is 0 Å². The first-order valence-electron chi connectivity index (χ1n) is 3.62. The quantitative estimate of drug-likeness (QED) is 0.765. The largest absolute Gasteiger partial charge is 0.508 e. The normalized spacial score (nSPS) is 10.0. The summed E-state index contributed by atoms with van der Waals surface area (Å²) in [6, 6.07) is 5.35. The van der Waals surface area contributed by atoms with Gasteiger partial charge in [0.05, 0.1) is 12.5 Å². The lowest BCUT2D eigenvalue weighted by Gasteiger charge is -2.03. The number of hydrogen-bond acceptors (Lipinski definition) is 2. The van der Waals surface area contributed by atoms with Gasteiger partial charge in [0.15, 0.2) is 0 Å². The number of alkyl halides is 2. The molecule has 1 N–H and O–H groups in total. The van der Waals surface area contributed by atoms with Crippen molar-refractivity contribution in [3.63, 3.8) is 0 Å². The Morgan fingerprint density at radius 1 is 1.46 bits per heavy atom. The molecule has 0 radical (unpaired) electrons. The molecule has 1 aromatic carbocycles. The number of rotatable bonds is 2. The highest BCUT2D eigenvalue weighted by Gasteiger charge is 2.09. The zero-order chi connectivity index (χ0) is 9.84. The van der Waals surface area contributed by atoms with Crippen molar-refractivity contribution in [2.45, 2.75) is 12.8 Å². The fourth-order valence-electron chi connectivity index (χ4n) is 0.951. The molecule has 0 heterocycles. The number of aromatic hydroxyl groups is 1. The van der Waals surface area contributed by atoms with Crippen LogP contribution in [-0.2, 0) is 6.42 Å². The van der Waals surface area contributed by atoms with Gasteiger partial charge in [-0.3, -0.25) is 0 Å². The molecule has 0 bridgehead atoms. The van der Waals surface area contributed by atoms with E-state index in [2.05, 4.69) is 0 Å². The topological polar surface area (TPSA) is 44.0 Å². The smallest absolute Gasteiger partial charge is 0.263 e. The summed E-state index contributed by atoms with van der Waals surface area (Å²) < 4.78 is 24.2. The van der Waals surface area contributed by atoms with Gasteiger partial charge in [0, 0.05) is 11.1 Å². The molecule has 0 aliphatic heterocycles. The van der Waals surface area contributed by atoms with Crippen LogP contribution in [0.5, 0.6) is 5.75 Å². The van der Waals surface area contributed by atoms with Crippen molar-refractivity contribution in [1.82, 2.24) is 0 Å². The predicted octanol–water partition coefficient (Wildman–Crippen LogP) is 2.40. The average molecular weight is 183 g/mol. The molecule has 2 nitrogen and oxygen atoms in total. The number of halogens is 2. The Morgan fingerprint density at radius 2 is 2.15 bits per heavy atom. The van der Waals surface area contributed by atoms with Crippen molar-refractivity contribution in [1.29, 1.82) is 5.26 Å². The van der Waals surface area contributed by atoms with Crippen molar-refractivity contribution < 1.29 is 13.9 Å². The Balaban J connectivity index is 3.00. The monoisotopic (exact) mass is 183 g/mol. The number of phenols is 1. The van der Waals surface area contributed by atoms with Crippen LogP contribution in [0.25, 0.3) is 0 Å². The highest BCUT2D eigenvalue weighted by molar-refractivity contribution is 5.38. The molecule has 0 unspecified atom stereocenters. The summed E-state index contributed by atoms with van der Waals surface area (Å²) in [5.74, 6) is -0.251. The highest BCUT2D eigenvalue weighted by atomic mass is 19.3. The van der Waals surface area contributed by atoms with Gasteiger partial charge >= 0.3 is 0 Å². The minimum atomic E-state index is -2.60. The molecule has 0 amide bonds. The molecule has 0 saturated carbocycles. The van der Waals surface area contributed by atoms with E-state index in [-0.39, 0.29) is 17.7 Å². The molecule has 13 heavy (non-hydrogen) atoms. The van der Waals surface area contributed by atoms with Gasteiger partial charge in [0.25, 0.3) is 6.43 Å². The van der Waals surface area contributed by atoms with Crippen LogP contribution < -0.4 is 0 Å². The van der Waals surface area contributed by atoms with Crippen LogP contribution in [-0.4, -0.2) is 5.11 Å². The Hall–Kier alpha value is -1.63. The van der Waals surface area contributed by atoms with Crippen LogP contribution in [0.3, 0.4) is 0 Å². The zero-order valence-corrected chi connectivity index (χ0v) is 6.67. The van der Waals surface area contributed by atoms with Crippen LogP contribution in [0.1, 0.15) is 17.6 Å². The number of benzene rings is 1. The molecule has 1 rings (SSSR count). The molecule has 0 fully saturated rings. The van der Waals surface area contributed by atoms with Gasteiger partial charge in [-0.1, -0.05) is 12.1 Å². The molecule has 1 aromatic rings. The Labute approximate surface area is 74.0 Å². The summed E-state index contributed by atoms with van der Waals surface area (Å²) in [6.07, 6.45) is -2.57. The fraction of sp³-hybridized carbons (Fsp3) is 0.222. The van der Waals surface area contributed by atoms with Gasteiger partial charge in [-0.2, -0.15) is 5.26 Å². The Bertz CT molecular complexity index is 344. The van der Waals surface area contributed by atoms with E-state index in [0.29, 0.717) is 5.56 Å². The second-order valence-electron chi connectivity index (χ2n) is 2.52. The van der Waals surface area contributed by atoms with Gasteiger partial charge < -0.3 is 5.11 Å². The summed E-state index contributed by atoms with van der Waals surface area (Å²) in [5, 5.41) is 17.5. The molecule has 0 atom stereocenters. The first-order valence-corrected chi connectivity index (χ1v) is 3.62. The number of nitrogens with zero attached hydrogens (tertiary/aromatic N) is 1. The Morgan fingerprint density at radius 3 is 2.62 bits per heavy atom. The number of nitriles is 1. The van der Waals surface area contributed by atoms with E-state index in [1.54, 1.807) is 0 Å². The molecule has 4 heteroatoms. The third kappa shape index (κ3) is 2.15. The van der Waals surface area contributed by atoms with E-state index in [1.807, 2.05) is 6.07 Å². The van der Waals surface area contributed by atoms with Crippen molar-refractivity contribution in [2.24, 2.45) is 0 Å². The van der Waals surface area contributed by atoms with Gasteiger partial charge in [0.2, 0.25) is 0 Å². The van der Waals surface area contributed by atoms with Crippen molar-refractivity contribution in [2.75, 3.05) is 0 Å². The predicted molar refractivity (Wildman–Crippen MR) is 42.4 cm³/mol. The molecule has 0 spiro atoms. The molecular formula is C9H7F2NO. The SMILES string of the molecule is N#CCc1ccc(C(F)F)cc1O. The minimum absolute atomic E-state index is 0.0232. The fourth-order valence-corrected chi connectivity index (χ4v) is 0.951. The van der Waals surface area contributed by atoms with Crippen LogP contribution in [0.15, 0.2) is 18.2 Å². The third-order valence-electron chi connectivity index (χ3n) is 1.63. The first kappa shape index (κ1) is 9.46. The second-order valence-corrected chi connectivity index (χ2v) is 2.52. The highest BCUT2D eigenvalue weighted by Crippen LogP contribution is 2.25. The summed E-state index contributed by atoms with van der Waals surface area (Å²) >= 11 is 0. The maximum atomic E-state index is 12.1. The van der Waals surface area contributed by atoms with Gasteiger partial charge in [-0.05, 0) is 6.07 Å². The maximum absolute atomic E-state index is 12.1. The van der Waals surface area contributed by atoms with Gasteiger partial charge in [-0.15, -0.1) is 0 Å². The molecule has 0 aliphatic carbocycles. The number of phenolic OH excluding ortho intramolecular Hbond substituents is 1. The van der Waals surface area contributed by atoms with Crippen molar-refractivity contribution >= 4 is 0 Å². The van der Waals surface area contributed by atoms with Gasteiger partial charge in [0.1, 0.15) is 5.75 Å². The lowest BCUT2D eigenvalue weighted by Crippen LogP contribution is -1.87. The summed E-state index contributed by atoms with van der Waals surface area (Å²) in [7, 11) is 0. The van der Waals surface area contributed by atoms with E-state index in [0.717, 1.165) is 6.07 Å². The lowest BCUT2D eigenvalue weighted by molar-refractivity contribution is 0.151. The van der Waals surface area contributed by atoms with Crippen molar-refractivity contribution in [3.8, 4) is 11.8 Å². The molecule has 0 aliphatic rings. The van der Waals surface area contributed by atoms with E-state index >= 15 is 0 Å². The second kappa shape index (κ2) is 3.85. The molecule has 0 aromatic heterocycles. The molecular weight excluding hydrogens is 176 g/mol. The first-order chi connectivity index (χ1) is 6.15. The van der Waals surface area contributed by atoms with Crippen LogP contribution in [0.4, 0.5) is 8.78 Å². The maximum Gasteiger partial charge on any atom is 0.263 e. The van der Waals surface area contributed by atoms with Crippen LogP contribution in [0.2, 0.25) is 0 Å². The molecule has 68 valence electrons. The zero-order valence-electron chi connectivity index (χ0n) is 6.67. The van der Waals surface area contributed by atoms with Crippen molar-refractivity contribution in [3.05, 3.63) is 29.3 Å². The summed E-state index contributed by atoms with van der Waals surface area (Å²) in [5.41, 5.74) is 0.131. The van der Waals surface area contributed by atoms with Gasteiger partial charge in [-0.25, -0.2) is 8.78 Å². The summed E-state index contributed by atoms with van der Waals surface area (Å²) in [6.45, 7) is 0. The molecule has 0 saturated heterocycles. The lowest BCUT2D eigenvalue weighted by atomic mass is 10.1. The average Bonchev–Trinajstić information content (AvgIpc) is 2.08. The minimum Gasteiger partial charge on any atom is -0.508 e. The van der Waals surface area contributed by atoms with E-state index in [1.165, 1.54) is 12.1 Å². The summed E-state index contributed by atoms with van der Waals surface area (Å²) in [4.78, 5) is 0. The van der Waals surface area contributed by atoms with E-state index in [9.17, 15) is 13.9 Å².